The number of hydrogen-bond donors (Lipinski definition) is 1. The van der Waals surface area contributed by atoms with E-state index in [1.54, 1.807) is 17.0 Å². The molecule has 2 aromatic rings. The first-order valence-electron chi connectivity index (χ1n) is 9.10. The molecule has 1 heterocycles. The van der Waals surface area contributed by atoms with Crippen LogP contribution in [0.25, 0.3) is 0 Å². The van der Waals surface area contributed by atoms with Crippen LogP contribution in [0.1, 0.15) is 23.6 Å². The molecule has 0 aliphatic carbocycles. The van der Waals surface area contributed by atoms with E-state index in [9.17, 15) is 14.0 Å². The molecule has 0 unspecified atom stereocenters. The fourth-order valence-corrected chi connectivity index (χ4v) is 3.53. The van der Waals surface area contributed by atoms with Crippen molar-refractivity contribution in [2.24, 2.45) is 5.73 Å². The summed E-state index contributed by atoms with van der Waals surface area (Å²) in [5.74, 6) is -0.852. The van der Waals surface area contributed by atoms with E-state index in [0.29, 0.717) is 26.1 Å². The molecule has 5 nitrogen and oxygen atoms in total. The lowest BCUT2D eigenvalue weighted by molar-refractivity contribution is -0.135. The number of carbonyl (C=O) groups excluding carboxylic acids is 2. The lowest BCUT2D eigenvalue weighted by Crippen LogP contribution is -2.52. The SMILES string of the molecule is CCN(Cc1cccc(F)c1)C(=O)CN1Cc2ccccc2C[C@H]1C(N)=O. The van der Waals surface area contributed by atoms with Gasteiger partial charge in [-0.25, -0.2) is 4.39 Å². The summed E-state index contributed by atoms with van der Waals surface area (Å²) in [7, 11) is 0. The van der Waals surface area contributed by atoms with Crippen LogP contribution in [-0.4, -0.2) is 40.7 Å². The first-order valence-corrected chi connectivity index (χ1v) is 9.10. The van der Waals surface area contributed by atoms with E-state index in [-0.39, 0.29) is 18.3 Å². The molecule has 1 aliphatic rings. The van der Waals surface area contributed by atoms with Crippen molar-refractivity contribution in [1.82, 2.24) is 9.80 Å². The molecule has 3 rings (SSSR count). The third-order valence-electron chi connectivity index (χ3n) is 5.01. The Hall–Kier alpha value is -2.73. The number of halogens is 1. The van der Waals surface area contributed by atoms with Crippen LogP contribution in [0.5, 0.6) is 0 Å². The van der Waals surface area contributed by atoms with Crippen molar-refractivity contribution in [1.29, 1.82) is 0 Å². The number of rotatable bonds is 6. The Kier molecular flexibility index (Phi) is 5.86. The summed E-state index contributed by atoms with van der Waals surface area (Å²) in [5.41, 5.74) is 8.53. The molecular formula is C21H24FN3O2. The topological polar surface area (TPSA) is 66.6 Å². The van der Waals surface area contributed by atoms with Gasteiger partial charge in [0.15, 0.2) is 0 Å². The molecule has 0 radical (unpaired) electrons. The van der Waals surface area contributed by atoms with E-state index in [1.807, 2.05) is 36.1 Å². The minimum Gasteiger partial charge on any atom is -0.368 e. The van der Waals surface area contributed by atoms with Crippen molar-refractivity contribution < 1.29 is 14.0 Å². The summed E-state index contributed by atoms with van der Waals surface area (Å²) in [6.45, 7) is 3.33. The summed E-state index contributed by atoms with van der Waals surface area (Å²) in [4.78, 5) is 28.3. The molecule has 0 saturated carbocycles. The Morgan fingerprint density at radius 1 is 1.19 bits per heavy atom. The fourth-order valence-electron chi connectivity index (χ4n) is 3.53. The van der Waals surface area contributed by atoms with Gasteiger partial charge in [0.05, 0.1) is 12.6 Å². The molecule has 0 saturated heterocycles. The second-order valence-corrected chi connectivity index (χ2v) is 6.83. The van der Waals surface area contributed by atoms with Gasteiger partial charge < -0.3 is 10.6 Å². The predicted molar refractivity (Wildman–Crippen MR) is 101 cm³/mol. The van der Waals surface area contributed by atoms with Gasteiger partial charge in [-0.1, -0.05) is 36.4 Å². The molecule has 2 aromatic carbocycles. The first kappa shape index (κ1) is 19.0. The zero-order chi connectivity index (χ0) is 19.4. The van der Waals surface area contributed by atoms with Crippen molar-refractivity contribution in [3.63, 3.8) is 0 Å². The second-order valence-electron chi connectivity index (χ2n) is 6.83. The minimum absolute atomic E-state index is 0.102. The highest BCUT2D eigenvalue weighted by Crippen LogP contribution is 2.23. The molecule has 0 bridgehead atoms. The lowest BCUT2D eigenvalue weighted by Gasteiger charge is -2.35. The van der Waals surface area contributed by atoms with Gasteiger partial charge in [-0.15, -0.1) is 0 Å². The summed E-state index contributed by atoms with van der Waals surface area (Å²) in [6.07, 6.45) is 0.509. The van der Waals surface area contributed by atoms with Crippen LogP contribution in [0.15, 0.2) is 48.5 Å². The monoisotopic (exact) mass is 369 g/mol. The number of benzene rings is 2. The minimum atomic E-state index is -0.503. The van der Waals surface area contributed by atoms with Gasteiger partial charge in [0.25, 0.3) is 0 Å². The maximum Gasteiger partial charge on any atom is 0.237 e. The second kappa shape index (κ2) is 8.31. The number of nitrogens with two attached hydrogens (primary N) is 1. The largest absolute Gasteiger partial charge is 0.368 e. The smallest absolute Gasteiger partial charge is 0.237 e. The van der Waals surface area contributed by atoms with Crippen LogP contribution in [0, 0.1) is 5.82 Å². The number of carbonyl (C=O) groups is 2. The zero-order valence-corrected chi connectivity index (χ0v) is 15.4. The van der Waals surface area contributed by atoms with Gasteiger partial charge in [0.1, 0.15) is 5.82 Å². The van der Waals surface area contributed by atoms with Crippen molar-refractivity contribution in [3.8, 4) is 0 Å². The molecular weight excluding hydrogens is 345 g/mol. The highest BCUT2D eigenvalue weighted by atomic mass is 19.1. The molecule has 2 N–H and O–H groups in total. The van der Waals surface area contributed by atoms with E-state index in [2.05, 4.69) is 0 Å². The van der Waals surface area contributed by atoms with Crippen LogP contribution >= 0.6 is 0 Å². The standard InChI is InChI=1S/C21H24FN3O2/c1-2-24(12-15-6-5-9-18(22)10-15)20(26)14-25-13-17-8-4-3-7-16(17)11-19(25)21(23)27/h3-10,19H,2,11-14H2,1H3,(H2,23,27)/t19-/m0/s1. The number of primary amides is 1. The average molecular weight is 369 g/mol. The van der Waals surface area contributed by atoms with Gasteiger partial charge in [-0.2, -0.15) is 0 Å². The van der Waals surface area contributed by atoms with E-state index >= 15 is 0 Å². The molecule has 0 spiro atoms. The van der Waals surface area contributed by atoms with Gasteiger partial charge in [-0.05, 0) is 42.2 Å². The third-order valence-corrected chi connectivity index (χ3v) is 5.01. The van der Waals surface area contributed by atoms with E-state index in [4.69, 9.17) is 5.73 Å². The van der Waals surface area contributed by atoms with Gasteiger partial charge >= 0.3 is 0 Å². The molecule has 0 fully saturated rings. The van der Waals surface area contributed by atoms with E-state index in [0.717, 1.165) is 16.7 Å². The van der Waals surface area contributed by atoms with E-state index < -0.39 is 11.9 Å². The molecule has 27 heavy (non-hydrogen) atoms. The summed E-state index contributed by atoms with van der Waals surface area (Å²) >= 11 is 0. The van der Waals surface area contributed by atoms with Crippen LogP contribution < -0.4 is 5.73 Å². The number of hydrogen-bond acceptors (Lipinski definition) is 3. The molecule has 1 aliphatic heterocycles. The Balaban J connectivity index is 1.73. The average Bonchev–Trinajstić information content (AvgIpc) is 2.65. The van der Waals surface area contributed by atoms with Crippen molar-refractivity contribution >= 4 is 11.8 Å². The molecule has 0 aromatic heterocycles. The number of fused-ring (bicyclic) bond motifs is 1. The summed E-state index contributed by atoms with van der Waals surface area (Å²) in [6, 6.07) is 13.6. The van der Waals surface area contributed by atoms with Crippen molar-refractivity contribution in [2.45, 2.75) is 32.5 Å². The van der Waals surface area contributed by atoms with Crippen LogP contribution in [0.4, 0.5) is 4.39 Å². The maximum atomic E-state index is 13.4. The Labute approximate surface area is 158 Å². The Bertz CT molecular complexity index is 840. The van der Waals surface area contributed by atoms with Crippen molar-refractivity contribution in [3.05, 3.63) is 71.0 Å². The lowest BCUT2D eigenvalue weighted by atomic mass is 9.93. The van der Waals surface area contributed by atoms with Gasteiger partial charge in [0, 0.05) is 19.6 Å². The normalized spacial score (nSPS) is 16.6. The summed E-state index contributed by atoms with van der Waals surface area (Å²) in [5, 5.41) is 0. The molecule has 6 heteroatoms. The molecule has 2 amide bonds. The highest BCUT2D eigenvalue weighted by molar-refractivity contribution is 5.83. The highest BCUT2D eigenvalue weighted by Gasteiger charge is 2.32. The van der Waals surface area contributed by atoms with Crippen LogP contribution in [0.3, 0.4) is 0 Å². The molecule has 1 atom stereocenters. The van der Waals surface area contributed by atoms with Gasteiger partial charge in [-0.3, -0.25) is 14.5 Å². The van der Waals surface area contributed by atoms with Crippen molar-refractivity contribution in [2.75, 3.05) is 13.1 Å². The van der Waals surface area contributed by atoms with Crippen LogP contribution in [0.2, 0.25) is 0 Å². The number of likely N-dealkylation sites (N-methyl/N-ethyl adjacent to an activating group) is 1. The predicted octanol–water partition coefficient (Wildman–Crippen LogP) is 2.09. The van der Waals surface area contributed by atoms with Crippen LogP contribution in [-0.2, 0) is 29.1 Å². The van der Waals surface area contributed by atoms with E-state index in [1.165, 1.54) is 12.1 Å². The first-order chi connectivity index (χ1) is 13.0. The molecule has 142 valence electrons. The fraction of sp³-hybridized carbons (Fsp3) is 0.333. The Morgan fingerprint density at radius 3 is 2.59 bits per heavy atom. The van der Waals surface area contributed by atoms with Gasteiger partial charge in [0.2, 0.25) is 11.8 Å². The number of amides is 2. The maximum absolute atomic E-state index is 13.4. The summed E-state index contributed by atoms with van der Waals surface area (Å²) < 4.78 is 13.4. The number of nitrogens with zero attached hydrogens (tertiary/aromatic N) is 2. The zero-order valence-electron chi connectivity index (χ0n) is 15.4. The quantitative estimate of drug-likeness (QED) is 0.848. The Morgan fingerprint density at radius 2 is 1.93 bits per heavy atom. The third kappa shape index (κ3) is 4.52.